The van der Waals surface area contributed by atoms with Crippen molar-refractivity contribution in [3.05, 3.63) is 108 Å². The molecule has 0 spiro atoms. The number of hydrogen-bond donors (Lipinski definition) is 2. The van der Waals surface area contributed by atoms with Gasteiger partial charge < -0.3 is 20.1 Å². The van der Waals surface area contributed by atoms with Gasteiger partial charge in [0.25, 0.3) is 0 Å². The Balaban J connectivity index is 1.39. The number of rotatable bonds is 8. The lowest BCUT2D eigenvalue weighted by Gasteiger charge is -2.09. The van der Waals surface area contributed by atoms with E-state index >= 15 is 0 Å². The molecule has 0 atom stereocenters. The third-order valence-electron chi connectivity index (χ3n) is 4.99. The first kappa shape index (κ1) is 21.0. The molecule has 0 saturated carbocycles. The van der Waals surface area contributed by atoms with Gasteiger partial charge in [-0.05, 0) is 97.1 Å². The van der Waals surface area contributed by atoms with E-state index in [4.69, 9.17) is 9.47 Å². The maximum Gasteiger partial charge on any atom is 0.193 e. The minimum Gasteiger partial charge on any atom is -0.457 e. The van der Waals surface area contributed by atoms with E-state index in [0.717, 1.165) is 22.9 Å². The molecular formula is C27H24N2O3. The molecule has 2 N–H and O–H groups in total. The fourth-order valence-corrected chi connectivity index (χ4v) is 3.17. The zero-order chi connectivity index (χ0) is 22.3. The molecule has 4 aromatic carbocycles. The van der Waals surface area contributed by atoms with Gasteiger partial charge in [0.15, 0.2) is 5.78 Å². The summed E-state index contributed by atoms with van der Waals surface area (Å²) in [5.41, 5.74) is 3.22. The molecule has 0 aliphatic heterocycles. The molecular weight excluding hydrogens is 400 g/mol. The third kappa shape index (κ3) is 5.08. The highest BCUT2D eigenvalue weighted by Crippen LogP contribution is 2.26. The Bertz CT molecular complexity index is 1070. The van der Waals surface area contributed by atoms with Crippen molar-refractivity contribution in [2.45, 2.75) is 0 Å². The Morgan fingerprint density at radius 3 is 1.06 bits per heavy atom. The molecule has 0 aliphatic carbocycles. The monoisotopic (exact) mass is 424 g/mol. The summed E-state index contributed by atoms with van der Waals surface area (Å²) in [6.07, 6.45) is 0. The zero-order valence-electron chi connectivity index (χ0n) is 18.0. The Morgan fingerprint density at radius 2 is 0.781 bits per heavy atom. The van der Waals surface area contributed by atoms with E-state index in [1.165, 1.54) is 0 Å². The first-order chi connectivity index (χ1) is 15.6. The SMILES string of the molecule is CNc1ccc(Oc2ccc(C(=O)c3ccc(Oc4ccc(NC)cc4)cc3)cc2)cc1. The van der Waals surface area contributed by atoms with Crippen LogP contribution in [-0.2, 0) is 0 Å². The maximum absolute atomic E-state index is 12.8. The molecule has 5 heteroatoms. The van der Waals surface area contributed by atoms with Crippen LogP contribution in [-0.4, -0.2) is 19.9 Å². The maximum atomic E-state index is 12.8. The van der Waals surface area contributed by atoms with Crippen LogP contribution in [0.25, 0.3) is 0 Å². The van der Waals surface area contributed by atoms with Crippen molar-refractivity contribution < 1.29 is 14.3 Å². The Hall–Kier alpha value is -4.25. The van der Waals surface area contributed by atoms with Crippen LogP contribution in [0, 0.1) is 0 Å². The standard InChI is InChI=1S/C27H24N2O3/c1-28-21-7-15-25(16-8-21)31-23-11-3-19(4-12-23)27(30)20-5-13-24(14-6-20)32-26-17-9-22(29-2)10-18-26/h3-18,28-29H,1-2H3. The summed E-state index contributed by atoms with van der Waals surface area (Å²) in [7, 11) is 3.74. The number of ketones is 1. The predicted octanol–water partition coefficient (Wildman–Crippen LogP) is 6.59. The van der Waals surface area contributed by atoms with Crippen LogP contribution in [0.15, 0.2) is 97.1 Å². The van der Waals surface area contributed by atoms with Crippen LogP contribution in [0.1, 0.15) is 15.9 Å². The molecule has 0 amide bonds. The molecule has 0 heterocycles. The number of benzene rings is 4. The summed E-state index contributed by atoms with van der Waals surface area (Å²) < 4.78 is 11.7. The average molecular weight is 425 g/mol. The topological polar surface area (TPSA) is 59.6 Å². The highest BCUT2D eigenvalue weighted by Gasteiger charge is 2.10. The van der Waals surface area contributed by atoms with Crippen molar-refractivity contribution in [2.24, 2.45) is 0 Å². The van der Waals surface area contributed by atoms with Gasteiger partial charge in [-0.3, -0.25) is 4.79 Å². The number of ether oxygens (including phenoxy) is 2. The second kappa shape index (κ2) is 9.71. The summed E-state index contributed by atoms with van der Waals surface area (Å²) >= 11 is 0. The largest absolute Gasteiger partial charge is 0.457 e. The van der Waals surface area contributed by atoms with Gasteiger partial charge in [-0.15, -0.1) is 0 Å². The van der Waals surface area contributed by atoms with Crippen LogP contribution in [0.4, 0.5) is 11.4 Å². The number of anilines is 2. The zero-order valence-corrected chi connectivity index (χ0v) is 18.0. The molecule has 5 nitrogen and oxygen atoms in total. The molecule has 0 aromatic heterocycles. The Labute approximate surface area is 187 Å². The Kier molecular flexibility index (Phi) is 6.37. The van der Waals surface area contributed by atoms with Crippen LogP contribution < -0.4 is 20.1 Å². The predicted molar refractivity (Wildman–Crippen MR) is 128 cm³/mol. The van der Waals surface area contributed by atoms with Crippen molar-refractivity contribution >= 4 is 17.2 Å². The number of nitrogens with one attached hydrogen (secondary N) is 2. The minimum absolute atomic E-state index is 0.0557. The molecule has 32 heavy (non-hydrogen) atoms. The third-order valence-corrected chi connectivity index (χ3v) is 4.99. The highest BCUT2D eigenvalue weighted by atomic mass is 16.5. The van der Waals surface area contributed by atoms with Crippen molar-refractivity contribution in [3.63, 3.8) is 0 Å². The Morgan fingerprint density at radius 1 is 0.500 bits per heavy atom. The highest BCUT2D eigenvalue weighted by molar-refractivity contribution is 6.09. The van der Waals surface area contributed by atoms with Crippen molar-refractivity contribution in [3.8, 4) is 23.0 Å². The van der Waals surface area contributed by atoms with Crippen molar-refractivity contribution in [1.82, 2.24) is 0 Å². The van der Waals surface area contributed by atoms with E-state index in [0.29, 0.717) is 22.6 Å². The molecule has 0 aliphatic rings. The summed E-state index contributed by atoms with van der Waals surface area (Å²) in [4.78, 5) is 12.8. The van der Waals surface area contributed by atoms with Crippen LogP contribution in [0.3, 0.4) is 0 Å². The van der Waals surface area contributed by atoms with Gasteiger partial charge in [-0.25, -0.2) is 0 Å². The summed E-state index contributed by atoms with van der Waals surface area (Å²) in [6.45, 7) is 0. The summed E-state index contributed by atoms with van der Waals surface area (Å²) in [6, 6.07) is 29.6. The average Bonchev–Trinajstić information content (AvgIpc) is 2.85. The lowest BCUT2D eigenvalue weighted by molar-refractivity contribution is 0.103. The first-order valence-electron chi connectivity index (χ1n) is 10.3. The van der Waals surface area contributed by atoms with Gasteiger partial charge in [0.05, 0.1) is 0 Å². The normalized spacial score (nSPS) is 10.3. The molecule has 4 rings (SSSR count). The first-order valence-corrected chi connectivity index (χ1v) is 10.3. The van der Waals surface area contributed by atoms with E-state index in [1.54, 1.807) is 48.5 Å². The minimum atomic E-state index is -0.0557. The summed E-state index contributed by atoms with van der Waals surface area (Å²) in [5.74, 6) is 2.76. The van der Waals surface area contributed by atoms with E-state index in [-0.39, 0.29) is 5.78 Å². The van der Waals surface area contributed by atoms with Gasteiger partial charge >= 0.3 is 0 Å². The molecule has 160 valence electrons. The van der Waals surface area contributed by atoms with Gasteiger partial charge in [0, 0.05) is 36.6 Å². The van der Waals surface area contributed by atoms with Crippen LogP contribution in [0.5, 0.6) is 23.0 Å². The molecule has 0 radical (unpaired) electrons. The van der Waals surface area contributed by atoms with E-state index in [1.807, 2.05) is 62.6 Å². The van der Waals surface area contributed by atoms with Crippen LogP contribution in [0.2, 0.25) is 0 Å². The van der Waals surface area contributed by atoms with Gasteiger partial charge in [-0.1, -0.05) is 0 Å². The quantitative estimate of drug-likeness (QED) is 0.313. The van der Waals surface area contributed by atoms with Crippen molar-refractivity contribution in [2.75, 3.05) is 24.7 Å². The van der Waals surface area contributed by atoms with Crippen molar-refractivity contribution in [1.29, 1.82) is 0 Å². The van der Waals surface area contributed by atoms with Gasteiger partial charge in [0.1, 0.15) is 23.0 Å². The van der Waals surface area contributed by atoms with E-state index in [9.17, 15) is 4.79 Å². The van der Waals surface area contributed by atoms with E-state index < -0.39 is 0 Å². The number of hydrogen-bond acceptors (Lipinski definition) is 5. The van der Waals surface area contributed by atoms with E-state index in [2.05, 4.69) is 10.6 Å². The number of carbonyl (C=O) groups excluding carboxylic acids is 1. The molecule has 0 fully saturated rings. The fraction of sp³-hybridized carbons (Fsp3) is 0.0741. The summed E-state index contributed by atoms with van der Waals surface area (Å²) in [5, 5.41) is 6.14. The lowest BCUT2D eigenvalue weighted by Crippen LogP contribution is -2.01. The van der Waals surface area contributed by atoms with Gasteiger partial charge in [0.2, 0.25) is 0 Å². The molecule has 0 saturated heterocycles. The second-order valence-corrected chi connectivity index (χ2v) is 7.13. The fourth-order valence-electron chi connectivity index (χ4n) is 3.17. The number of carbonyl (C=O) groups is 1. The molecule has 4 aromatic rings. The smallest absolute Gasteiger partial charge is 0.193 e. The molecule has 0 unspecified atom stereocenters. The lowest BCUT2D eigenvalue weighted by atomic mass is 10.0. The van der Waals surface area contributed by atoms with Crippen LogP contribution >= 0.6 is 0 Å². The second-order valence-electron chi connectivity index (χ2n) is 7.13. The molecule has 0 bridgehead atoms. The van der Waals surface area contributed by atoms with Gasteiger partial charge in [-0.2, -0.15) is 0 Å².